The average Bonchev–Trinajstić information content (AvgIpc) is 0.831. The third-order valence-corrected chi connectivity index (χ3v) is 16.6. The van der Waals surface area contributed by atoms with Gasteiger partial charge < -0.3 is 85.3 Å². The van der Waals surface area contributed by atoms with Gasteiger partial charge in [-0.1, -0.05) is 232 Å². The molecule has 6 aromatic rings. The van der Waals surface area contributed by atoms with E-state index in [0.29, 0.717) is 23.3 Å². The van der Waals surface area contributed by atoms with Crippen molar-refractivity contribution in [3.05, 3.63) is 179 Å². The van der Waals surface area contributed by atoms with Gasteiger partial charge in [-0.3, -0.25) is 28.8 Å². The van der Waals surface area contributed by atoms with Crippen LogP contribution in [-0.4, -0.2) is 117 Å². The lowest BCUT2D eigenvalue weighted by Gasteiger charge is -2.22. The van der Waals surface area contributed by atoms with E-state index in [1.54, 1.807) is 209 Å². The highest BCUT2D eigenvalue weighted by atomic mass is 19.4. The molecule has 0 aromatic heterocycles. The van der Waals surface area contributed by atoms with E-state index in [0.717, 1.165) is 65.2 Å². The van der Waals surface area contributed by atoms with Gasteiger partial charge in [0.1, 0.15) is 34.5 Å². The Hall–Kier alpha value is -13.5. The van der Waals surface area contributed by atoms with Crippen LogP contribution >= 0.6 is 0 Å². The molecule has 6 aromatic carbocycles. The second kappa shape index (κ2) is 61.6. The summed E-state index contributed by atoms with van der Waals surface area (Å²) in [7, 11) is 0. The van der Waals surface area contributed by atoms with Gasteiger partial charge in [0.05, 0.1) is 52.2 Å². The van der Waals surface area contributed by atoms with Gasteiger partial charge in [-0.05, 0) is 117 Å². The fourth-order valence-corrected chi connectivity index (χ4v) is 8.75. The first-order chi connectivity index (χ1) is 63.8. The van der Waals surface area contributed by atoms with Crippen LogP contribution < -0.4 is 28.4 Å². The molecule has 0 aliphatic rings. The molecule has 0 amide bonds. The Bertz CT molecular complexity index is 4820. The SMILES string of the molecule is CC(C)C(=O)OC(OC(=O)Oc1ccc(C(F)(F)F)cc1)C(C)C.CC(C)C(=O)OC(OC(=O)Oc1cccc(C(F)(F)F)c1)C(C)C.CC(C)C(=O)OC(OC(=O)Oc1ccccc1C(F)(F)F)C(C)C.Cc1ccc(OC(=O)OC(OC(=O)C(C)C)C(C)C)cc1.Cc1cccc(OC(=O)OC(OC(=O)C(C)C)C(C)C)c1.Cc1ccccc1OC(=O)OC(OC(=O)C(C)C)C(C)C.O=C=O. The van der Waals surface area contributed by atoms with Gasteiger partial charge in [-0.2, -0.15) is 49.1 Å². The molecule has 0 heterocycles. The van der Waals surface area contributed by atoms with Gasteiger partial charge in [-0.15, -0.1) is 0 Å². The molecule has 0 fully saturated rings. The molecule has 138 heavy (non-hydrogen) atoms. The quantitative estimate of drug-likeness (QED) is 0.0133. The van der Waals surface area contributed by atoms with Crippen LogP contribution in [0.1, 0.15) is 200 Å². The number of alkyl halides is 9. The highest BCUT2D eigenvalue weighted by Crippen LogP contribution is 2.37. The van der Waals surface area contributed by atoms with Crippen molar-refractivity contribution in [2.24, 2.45) is 71.0 Å². The number of aryl methyl sites for hydroxylation is 3. The molecule has 766 valence electrons. The van der Waals surface area contributed by atoms with Crippen molar-refractivity contribution in [3.8, 4) is 34.5 Å². The van der Waals surface area contributed by atoms with Crippen LogP contribution in [0.3, 0.4) is 0 Å². The summed E-state index contributed by atoms with van der Waals surface area (Å²) in [4.78, 5) is 156. The van der Waals surface area contributed by atoms with Crippen LogP contribution in [0.4, 0.5) is 68.3 Å². The van der Waals surface area contributed by atoms with E-state index in [9.17, 15) is 97.0 Å². The Kier molecular flexibility index (Phi) is 55.6. The number of carbonyl (C=O) groups excluding carboxylic acids is 14. The number of rotatable bonds is 30. The first-order valence-electron chi connectivity index (χ1n) is 43.1. The predicted molar refractivity (Wildman–Crippen MR) is 473 cm³/mol. The Balaban J connectivity index is 0.00000162. The molecule has 32 nitrogen and oxygen atoms in total. The van der Waals surface area contributed by atoms with Gasteiger partial charge in [0, 0.05) is 35.5 Å². The third-order valence-electron chi connectivity index (χ3n) is 16.6. The topological polar surface area (TPSA) is 405 Å². The lowest BCUT2D eigenvalue weighted by atomic mass is 10.2. The van der Waals surface area contributed by atoms with E-state index in [1.165, 1.54) is 18.2 Å². The lowest BCUT2D eigenvalue weighted by Crippen LogP contribution is -2.32. The van der Waals surface area contributed by atoms with Crippen molar-refractivity contribution >= 4 is 78.9 Å². The minimum Gasteiger partial charge on any atom is -0.425 e. The largest absolute Gasteiger partial charge is 0.516 e. The number of hydrogen-bond donors (Lipinski definition) is 0. The number of para-hydroxylation sites is 2. The monoisotopic (exact) mass is 1970 g/mol. The lowest BCUT2D eigenvalue weighted by molar-refractivity contribution is -0.192. The van der Waals surface area contributed by atoms with Gasteiger partial charge in [-0.25, -0.2) is 28.8 Å². The summed E-state index contributed by atoms with van der Waals surface area (Å²) in [6.45, 7) is 46.2. The average molecular weight is 1970 g/mol. The second-order valence-electron chi connectivity index (χ2n) is 33.6. The van der Waals surface area contributed by atoms with E-state index in [2.05, 4.69) is 4.74 Å². The fraction of sp³-hybridized carbons (Fsp3) is 0.495. The zero-order chi connectivity index (χ0) is 106. The van der Waals surface area contributed by atoms with E-state index in [-0.39, 0.29) is 65.0 Å². The summed E-state index contributed by atoms with van der Waals surface area (Å²) < 4.78 is 203. The van der Waals surface area contributed by atoms with Crippen LogP contribution in [0.25, 0.3) is 0 Å². The number of halogens is 9. The number of esters is 6. The van der Waals surface area contributed by atoms with Crippen molar-refractivity contribution in [2.45, 2.75) is 243 Å². The molecule has 0 spiro atoms. The Morgan fingerprint density at radius 3 is 0.754 bits per heavy atom. The maximum absolute atomic E-state index is 12.8. The van der Waals surface area contributed by atoms with Gasteiger partial charge in [0.25, 0.3) is 37.7 Å². The molecule has 41 heteroatoms. The molecule has 6 rings (SSSR count). The number of benzene rings is 6. The molecule has 6 unspecified atom stereocenters. The Labute approximate surface area is 795 Å². The summed E-state index contributed by atoms with van der Waals surface area (Å²) in [5.41, 5.74) is -0.0980. The molecule has 0 radical (unpaired) electrons. The van der Waals surface area contributed by atoms with Crippen molar-refractivity contribution in [1.82, 2.24) is 0 Å². The van der Waals surface area contributed by atoms with Crippen LogP contribution in [-0.2, 0) is 114 Å². The van der Waals surface area contributed by atoms with Crippen molar-refractivity contribution < 1.29 is 192 Å². The van der Waals surface area contributed by atoms with Crippen LogP contribution in [0, 0.1) is 91.8 Å². The zero-order valence-electron chi connectivity index (χ0n) is 81.7. The number of carbonyl (C=O) groups is 12. The van der Waals surface area contributed by atoms with E-state index in [1.807, 2.05) is 51.1 Å². The highest BCUT2D eigenvalue weighted by Gasteiger charge is 2.38. The Morgan fingerprint density at radius 1 is 0.239 bits per heavy atom. The molecular weight excluding hydrogens is 1850 g/mol. The molecule has 0 saturated carbocycles. The van der Waals surface area contributed by atoms with E-state index < -0.39 is 175 Å². The van der Waals surface area contributed by atoms with Crippen LogP contribution in [0.15, 0.2) is 146 Å². The standard InChI is InChI=1S/3C16H19F3O5.3C16H22O5.CO2/c1-9(2)13(20)23-14(10(3)4)24-15(21)22-12-7-5-11(6-8-12)16(17,18)19;1-9(2)13(20)23-14(10(3)4)24-15(21)22-12-7-5-6-11(8-12)16(17,18)19;1-9(2)13(20)23-14(10(3)4)24-15(21)22-12-8-6-5-7-11(12)16(17,18)19;1-10(2)14(17)20-15(11(3)4)21-16(18)19-13-8-6-12(5)7-9-13;1-10(2)14(17)20-15(11(3)4)21-16(18)19-13-8-6-7-12(5)9-13;1-10(2)14(17)20-15(11(3)4)21-16(18)19-13-9-7-6-8-12(13)5;2-1-3/h3*5-10,14H,1-4H3;3*6-11,15H,1-5H3;. The first kappa shape index (κ1) is 125. The maximum atomic E-state index is 12.8. The third kappa shape index (κ3) is 52.0. The summed E-state index contributed by atoms with van der Waals surface area (Å²) in [5.74, 6) is -6.66. The Morgan fingerprint density at radius 2 is 0.486 bits per heavy atom. The van der Waals surface area contributed by atoms with Gasteiger partial charge >= 0.3 is 97.4 Å². The minimum absolute atomic E-state index is 0.120. The fourth-order valence-electron chi connectivity index (χ4n) is 8.75. The van der Waals surface area contributed by atoms with Gasteiger partial charge in [0.2, 0.25) is 0 Å². The molecule has 6 atom stereocenters. The molecule has 0 bridgehead atoms. The second-order valence-corrected chi connectivity index (χ2v) is 33.6. The number of hydrogen-bond acceptors (Lipinski definition) is 32. The molecular formula is C97H123F9O32. The summed E-state index contributed by atoms with van der Waals surface area (Å²) in [6.07, 6.45) is -26.5. The van der Waals surface area contributed by atoms with E-state index >= 15 is 0 Å². The minimum atomic E-state index is -4.68. The summed E-state index contributed by atoms with van der Waals surface area (Å²) >= 11 is 0. The smallest absolute Gasteiger partial charge is 0.425 e. The predicted octanol–water partition coefficient (Wildman–Crippen LogP) is 23.7. The van der Waals surface area contributed by atoms with E-state index in [4.69, 9.17) is 90.1 Å². The van der Waals surface area contributed by atoms with Crippen LogP contribution in [0.2, 0.25) is 0 Å². The van der Waals surface area contributed by atoms with Crippen LogP contribution in [0.5, 0.6) is 34.5 Å². The van der Waals surface area contributed by atoms with Crippen molar-refractivity contribution in [2.75, 3.05) is 0 Å². The highest BCUT2D eigenvalue weighted by molar-refractivity contribution is 5.75. The first-order valence-corrected chi connectivity index (χ1v) is 43.1. The summed E-state index contributed by atoms with van der Waals surface area (Å²) in [5, 5.41) is 0. The normalized spacial score (nSPS) is 12.3. The van der Waals surface area contributed by atoms with Crippen molar-refractivity contribution in [1.29, 1.82) is 0 Å². The molecule has 0 saturated heterocycles. The van der Waals surface area contributed by atoms with Crippen molar-refractivity contribution in [3.63, 3.8) is 0 Å². The zero-order valence-corrected chi connectivity index (χ0v) is 81.7. The maximum Gasteiger partial charge on any atom is 0.516 e. The summed E-state index contributed by atoms with van der Waals surface area (Å²) in [6, 6.07) is 32.7. The molecule has 0 aliphatic carbocycles. The number of ether oxygens (including phenoxy) is 18. The van der Waals surface area contributed by atoms with Gasteiger partial charge in [0.15, 0.2) is 0 Å². The molecule has 0 aliphatic heterocycles. The molecule has 0 N–H and O–H groups in total.